The van der Waals surface area contributed by atoms with E-state index < -0.39 is 0 Å². The van der Waals surface area contributed by atoms with Gasteiger partial charge in [0, 0.05) is 24.8 Å². The largest absolute Gasteiger partial charge is 0.491 e. The summed E-state index contributed by atoms with van der Waals surface area (Å²) in [5.74, 6) is 1.76. The molecular weight excluding hydrogens is 657 g/mol. The van der Waals surface area contributed by atoms with Crippen LogP contribution in [-0.4, -0.2) is 69.5 Å². The summed E-state index contributed by atoms with van der Waals surface area (Å²) >= 11 is 1.45. The summed E-state index contributed by atoms with van der Waals surface area (Å²) in [4.78, 5) is 10.9. The highest BCUT2D eigenvalue weighted by Gasteiger charge is 2.10. The van der Waals surface area contributed by atoms with E-state index >= 15 is 0 Å². The maximum Gasteiger partial charge on any atom is 0.185 e. The van der Waals surface area contributed by atoms with Crippen LogP contribution in [0, 0.1) is 0 Å². The van der Waals surface area contributed by atoms with Crippen molar-refractivity contribution in [3.63, 3.8) is 0 Å². The first-order chi connectivity index (χ1) is 25.2. The molecule has 0 bridgehead atoms. The number of ether oxygens (including phenoxy) is 4. The fourth-order valence-electron chi connectivity index (χ4n) is 6.26. The van der Waals surface area contributed by atoms with Gasteiger partial charge in [-0.2, -0.15) is 10.2 Å². The Morgan fingerprint density at radius 3 is 1.86 bits per heavy atom. The highest BCUT2D eigenvalue weighted by atomic mass is 32.2. The van der Waals surface area contributed by atoms with Crippen LogP contribution < -0.4 is 4.74 Å². The van der Waals surface area contributed by atoms with Crippen LogP contribution >= 0.6 is 11.8 Å². The number of carbonyl (C=O) groups is 1. The number of thioether (sulfide) groups is 1. The lowest BCUT2D eigenvalue weighted by Crippen LogP contribution is -2.13. The van der Waals surface area contributed by atoms with Crippen molar-refractivity contribution < 1.29 is 23.7 Å². The maximum atomic E-state index is 10.9. The lowest BCUT2D eigenvalue weighted by Gasteiger charge is -2.12. The molecule has 0 aliphatic rings. The molecule has 7 nitrogen and oxygen atoms in total. The monoisotopic (exact) mass is 708 g/mol. The van der Waals surface area contributed by atoms with Crippen LogP contribution in [0.15, 0.2) is 89.1 Å². The van der Waals surface area contributed by atoms with Gasteiger partial charge in [-0.3, -0.25) is 4.79 Å². The Bertz CT molecular complexity index is 1810. The van der Waals surface area contributed by atoms with Gasteiger partial charge in [0.2, 0.25) is 0 Å². The van der Waals surface area contributed by atoms with Crippen molar-refractivity contribution in [1.82, 2.24) is 0 Å². The van der Waals surface area contributed by atoms with Crippen LogP contribution in [0.4, 0.5) is 0 Å². The van der Waals surface area contributed by atoms with E-state index in [9.17, 15) is 4.79 Å². The fourth-order valence-corrected chi connectivity index (χ4v) is 6.90. The number of benzene rings is 5. The molecule has 0 saturated carbocycles. The number of hydrogen-bond donors (Lipinski definition) is 0. The van der Waals surface area contributed by atoms with E-state index in [2.05, 4.69) is 64.8 Å². The van der Waals surface area contributed by atoms with Crippen molar-refractivity contribution in [1.29, 1.82) is 0 Å². The average molecular weight is 709 g/mol. The summed E-state index contributed by atoms with van der Waals surface area (Å²) in [5, 5.41) is 16.4. The number of unbranched alkanes of at least 4 members (excludes halogenated alkanes) is 8. The van der Waals surface area contributed by atoms with Gasteiger partial charge in [0.05, 0.1) is 45.5 Å². The minimum atomic E-state index is 0.233. The molecule has 5 rings (SSSR count). The molecule has 0 atom stereocenters. The fraction of sp³-hybridized carbons (Fsp3) is 0.419. The summed E-state index contributed by atoms with van der Waals surface area (Å²) in [6, 6.07) is 27.2. The Hall–Kier alpha value is -3.82. The zero-order chi connectivity index (χ0) is 35.4. The summed E-state index contributed by atoms with van der Waals surface area (Å²) in [6.45, 7) is 5.71. The van der Waals surface area contributed by atoms with E-state index in [0.717, 1.165) is 42.1 Å². The minimum absolute atomic E-state index is 0.233. The first-order valence-corrected chi connectivity index (χ1v) is 19.5. The van der Waals surface area contributed by atoms with Crippen LogP contribution in [-0.2, 0) is 19.0 Å². The van der Waals surface area contributed by atoms with Gasteiger partial charge in [0.25, 0.3) is 0 Å². The van der Waals surface area contributed by atoms with Crippen LogP contribution in [0.3, 0.4) is 0 Å². The molecule has 0 spiro atoms. The molecule has 5 aromatic carbocycles. The number of hydrogen-bond acceptors (Lipinski definition) is 8. The number of rotatable bonds is 25. The Kier molecular flexibility index (Phi) is 16.7. The van der Waals surface area contributed by atoms with Crippen LogP contribution in [0.25, 0.3) is 32.3 Å². The average Bonchev–Trinajstić information content (AvgIpc) is 3.15. The molecule has 8 heteroatoms. The molecule has 0 radical (unpaired) electrons. The Labute approximate surface area is 307 Å². The Morgan fingerprint density at radius 1 is 0.588 bits per heavy atom. The van der Waals surface area contributed by atoms with Gasteiger partial charge in [-0.05, 0) is 81.1 Å². The molecule has 0 saturated heterocycles. The molecule has 0 unspecified atom stereocenters. The van der Waals surface area contributed by atoms with Crippen LogP contribution in [0.5, 0.6) is 5.75 Å². The van der Waals surface area contributed by atoms with E-state index in [-0.39, 0.29) is 5.12 Å². The van der Waals surface area contributed by atoms with Gasteiger partial charge in [-0.1, -0.05) is 105 Å². The lowest BCUT2D eigenvalue weighted by atomic mass is 9.92. The van der Waals surface area contributed by atoms with E-state index in [1.165, 1.54) is 89.0 Å². The molecular formula is C43H52N2O5S. The predicted molar refractivity (Wildman–Crippen MR) is 214 cm³/mol. The molecule has 0 aliphatic heterocycles. The van der Waals surface area contributed by atoms with Gasteiger partial charge >= 0.3 is 0 Å². The van der Waals surface area contributed by atoms with Crippen molar-refractivity contribution >= 4 is 61.6 Å². The zero-order valence-corrected chi connectivity index (χ0v) is 30.8. The van der Waals surface area contributed by atoms with Gasteiger partial charge < -0.3 is 18.9 Å². The van der Waals surface area contributed by atoms with Crippen LogP contribution in [0.2, 0.25) is 0 Å². The summed E-state index contributed by atoms with van der Waals surface area (Å²) < 4.78 is 22.7. The van der Waals surface area contributed by atoms with E-state index in [4.69, 9.17) is 18.9 Å². The van der Waals surface area contributed by atoms with Gasteiger partial charge in [-0.15, -0.1) is 0 Å². The summed E-state index contributed by atoms with van der Waals surface area (Å²) in [5.41, 5.74) is 2.00. The maximum absolute atomic E-state index is 10.9. The van der Waals surface area contributed by atoms with Gasteiger partial charge in [0.15, 0.2) is 5.12 Å². The number of carbonyl (C=O) groups excluding carboxylic acids is 1. The van der Waals surface area contributed by atoms with Crippen molar-refractivity contribution in [3.8, 4) is 5.75 Å². The Morgan fingerprint density at radius 2 is 1.16 bits per heavy atom. The van der Waals surface area contributed by atoms with Gasteiger partial charge in [-0.25, -0.2) is 0 Å². The molecule has 0 heterocycles. The second-order valence-electron chi connectivity index (χ2n) is 12.8. The minimum Gasteiger partial charge on any atom is -0.491 e. The topological polar surface area (TPSA) is 78.7 Å². The summed E-state index contributed by atoms with van der Waals surface area (Å²) in [6.07, 6.45) is 14.8. The first-order valence-electron chi connectivity index (χ1n) is 18.5. The smallest absolute Gasteiger partial charge is 0.185 e. The molecule has 0 aromatic heterocycles. The molecule has 0 aliphatic carbocycles. The third-order valence-corrected chi connectivity index (χ3v) is 9.77. The highest BCUT2D eigenvalue weighted by Crippen LogP contribution is 2.35. The third-order valence-electron chi connectivity index (χ3n) is 8.87. The van der Waals surface area contributed by atoms with Crippen molar-refractivity contribution in [2.45, 2.75) is 64.7 Å². The third kappa shape index (κ3) is 13.0. The molecule has 0 amide bonds. The molecule has 270 valence electrons. The van der Waals surface area contributed by atoms with Crippen molar-refractivity contribution in [2.75, 3.05) is 52.0 Å². The van der Waals surface area contributed by atoms with E-state index in [0.29, 0.717) is 39.6 Å². The first kappa shape index (κ1) is 38.4. The quantitative estimate of drug-likeness (QED) is 0.0260. The second-order valence-corrected chi connectivity index (χ2v) is 14.1. The number of nitrogens with zero attached hydrogens (tertiary/aromatic N) is 2. The van der Waals surface area contributed by atoms with Crippen molar-refractivity contribution in [3.05, 3.63) is 90.0 Å². The second kappa shape index (κ2) is 22.2. The molecule has 0 fully saturated rings. The standard InChI is InChI=1S/C43H52N2O5S/c1-34(46)51-30-10-8-6-4-2-3-5-7-9-23-47-24-25-48-26-27-49-28-29-50-40-21-17-35(18-22-40)32-44-45-33-39-31-38-15-11-13-36-19-20-37-14-12-16-41(39)43(37)42(36)38/h11-22,31-33H,2-10,23-30H2,1H3/b44-32+,45-33+. The normalized spacial score (nSPS) is 12.0. The van der Waals surface area contributed by atoms with Crippen LogP contribution in [0.1, 0.15) is 75.8 Å². The predicted octanol–water partition coefficient (Wildman–Crippen LogP) is 10.3. The zero-order valence-electron chi connectivity index (χ0n) is 30.0. The van der Waals surface area contributed by atoms with Gasteiger partial charge in [0.1, 0.15) is 12.4 Å². The molecule has 5 aromatic rings. The SMILES string of the molecule is CC(=O)SCCCCCCCCCCCOCCOCCOCCOc1ccc(/C=N/N=C/c2cc3cccc4ccc5cccc2c5c43)cc1. The van der Waals surface area contributed by atoms with E-state index in [1.807, 2.05) is 30.5 Å². The summed E-state index contributed by atoms with van der Waals surface area (Å²) in [7, 11) is 0. The van der Waals surface area contributed by atoms with Crippen molar-refractivity contribution in [2.24, 2.45) is 10.2 Å². The Balaban J connectivity index is 0.855. The lowest BCUT2D eigenvalue weighted by molar-refractivity contribution is -0.109. The molecule has 0 N–H and O–H groups in total. The highest BCUT2D eigenvalue weighted by molar-refractivity contribution is 8.13. The molecule has 51 heavy (non-hydrogen) atoms. The van der Waals surface area contributed by atoms with E-state index in [1.54, 1.807) is 13.1 Å².